The molecule has 0 spiro atoms. The van der Waals surface area contributed by atoms with Crippen molar-refractivity contribution in [1.82, 2.24) is 10.3 Å². The van der Waals surface area contributed by atoms with E-state index < -0.39 is 0 Å². The molecule has 0 amide bonds. The smallest absolute Gasteiger partial charge is 0.226 e. The zero-order valence-corrected chi connectivity index (χ0v) is 11.6. The minimum atomic E-state index is 0.436. The van der Waals surface area contributed by atoms with Crippen molar-refractivity contribution in [1.29, 1.82) is 0 Å². The fourth-order valence-electron chi connectivity index (χ4n) is 1.69. The van der Waals surface area contributed by atoms with Gasteiger partial charge in [-0.05, 0) is 31.2 Å². The molecule has 1 heterocycles. The maximum atomic E-state index is 5.49. The summed E-state index contributed by atoms with van der Waals surface area (Å²) < 4.78 is 10.9. The van der Waals surface area contributed by atoms with Crippen molar-refractivity contribution >= 4 is 0 Å². The van der Waals surface area contributed by atoms with Gasteiger partial charge in [0.1, 0.15) is 12.0 Å². The van der Waals surface area contributed by atoms with Crippen LogP contribution >= 0.6 is 0 Å². The van der Waals surface area contributed by atoms with E-state index in [9.17, 15) is 0 Å². The topological polar surface area (TPSA) is 47.3 Å². The van der Waals surface area contributed by atoms with Crippen LogP contribution in [0.3, 0.4) is 0 Å². The number of ether oxygens (including phenoxy) is 1. The predicted molar refractivity (Wildman–Crippen MR) is 75.1 cm³/mol. The van der Waals surface area contributed by atoms with E-state index in [1.54, 1.807) is 6.26 Å². The highest BCUT2D eigenvalue weighted by Gasteiger charge is 2.07. The van der Waals surface area contributed by atoms with Crippen LogP contribution in [0.2, 0.25) is 0 Å². The molecule has 1 N–H and O–H groups in total. The Morgan fingerprint density at radius 2 is 2.00 bits per heavy atom. The Bertz CT molecular complexity index is 503. The molecule has 0 saturated carbocycles. The van der Waals surface area contributed by atoms with E-state index in [4.69, 9.17) is 9.15 Å². The first-order valence-corrected chi connectivity index (χ1v) is 6.60. The molecule has 0 unspecified atom stereocenters. The SMILES string of the molecule is CCOc1ccc(-c2nc(CNC(C)C)co2)cc1. The largest absolute Gasteiger partial charge is 0.494 e. The number of hydrogen-bond acceptors (Lipinski definition) is 4. The average molecular weight is 260 g/mol. The summed E-state index contributed by atoms with van der Waals surface area (Å²) in [5.74, 6) is 1.50. The summed E-state index contributed by atoms with van der Waals surface area (Å²) in [6, 6.07) is 8.20. The molecule has 0 fully saturated rings. The van der Waals surface area contributed by atoms with Gasteiger partial charge in [-0.15, -0.1) is 0 Å². The fraction of sp³-hybridized carbons (Fsp3) is 0.400. The van der Waals surface area contributed by atoms with Crippen molar-refractivity contribution in [2.45, 2.75) is 33.4 Å². The van der Waals surface area contributed by atoms with E-state index in [-0.39, 0.29) is 0 Å². The van der Waals surface area contributed by atoms with Gasteiger partial charge < -0.3 is 14.5 Å². The summed E-state index contributed by atoms with van der Waals surface area (Å²) in [5.41, 5.74) is 1.87. The summed E-state index contributed by atoms with van der Waals surface area (Å²) in [7, 11) is 0. The van der Waals surface area contributed by atoms with Gasteiger partial charge in [0.15, 0.2) is 0 Å². The Balaban J connectivity index is 2.05. The van der Waals surface area contributed by atoms with Crippen molar-refractivity contribution in [3.8, 4) is 17.2 Å². The van der Waals surface area contributed by atoms with Crippen LogP contribution in [0, 0.1) is 0 Å². The Morgan fingerprint density at radius 1 is 1.26 bits per heavy atom. The second-order valence-corrected chi connectivity index (χ2v) is 4.64. The van der Waals surface area contributed by atoms with Crippen molar-refractivity contribution in [2.75, 3.05) is 6.61 Å². The first kappa shape index (κ1) is 13.6. The Hall–Kier alpha value is -1.81. The van der Waals surface area contributed by atoms with Gasteiger partial charge in [-0.2, -0.15) is 0 Å². The van der Waals surface area contributed by atoms with Crippen LogP contribution in [0.15, 0.2) is 34.9 Å². The van der Waals surface area contributed by atoms with Crippen LogP contribution in [-0.4, -0.2) is 17.6 Å². The van der Waals surface area contributed by atoms with Gasteiger partial charge >= 0.3 is 0 Å². The Labute approximate surface area is 113 Å². The molecule has 0 bridgehead atoms. The van der Waals surface area contributed by atoms with Gasteiger partial charge in [0.25, 0.3) is 0 Å². The molecule has 1 aromatic heterocycles. The second kappa shape index (κ2) is 6.38. The third-order valence-corrected chi connectivity index (χ3v) is 2.66. The normalized spacial score (nSPS) is 10.9. The molecule has 4 heteroatoms. The van der Waals surface area contributed by atoms with E-state index >= 15 is 0 Å². The van der Waals surface area contributed by atoms with Gasteiger partial charge in [-0.25, -0.2) is 4.98 Å². The first-order valence-electron chi connectivity index (χ1n) is 6.60. The average Bonchev–Trinajstić information content (AvgIpc) is 2.86. The molecule has 2 rings (SSSR count). The molecule has 4 nitrogen and oxygen atoms in total. The summed E-state index contributed by atoms with van der Waals surface area (Å²) in [6.45, 7) is 7.57. The number of rotatable bonds is 6. The number of benzene rings is 1. The predicted octanol–water partition coefficient (Wildman–Crippen LogP) is 3.24. The summed E-state index contributed by atoms with van der Waals surface area (Å²) in [6.07, 6.45) is 1.70. The van der Waals surface area contributed by atoms with Crippen molar-refractivity contribution in [3.05, 3.63) is 36.2 Å². The molecule has 19 heavy (non-hydrogen) atoms. The quantitative estimate of drug-likeness (QED) is 0.866. The number of aromatic nitrogens is 1. The Kier molecular flexibility index (Phi) is 4.58. The highest BCUT2D eigenvalue weighted by atomic mass is 16.5. The zero-order valence-electron chi connectivity index (χ0n) is 11.6. The van der Waals surface area contributed by atoms with Gasteiger partial charge in [0.05, 0.1) is 12.3 Å². The maximum absolute atomic E-state index is 5.49. The first-order chi connectivity index (χ1) is 9.19. The molecular weight excluding hydrogens is 240 g/mol. The third kappa shape index (κ3) is 3.83. The van der Waals surface area contributed by atoms with Crippen LogP contribution < -0.4 is 10.1 Å². The van der Waals surface area contributed by atoms with E-state index in [1.807, 2.05) is 31.2 Å². The molecule has 0 aliphatic heterocycles. The molecule has 2 aromatic rings. The molecule has 0 aliphatic rings. The van der Waals surface area contributed by atoms with Crippen molar-refractivity contribution in [2.24, 2.45) is 0 Å². The van der Waals surface area contributed by atoms with E-state index in [2.05, 4.69) is 24.1 Å². The summed E-state index contributed by atoms with van der Waals surface area (Å²) in [5, 5.41) is 3.31. The fourth-order valence-corrected chi connectivity index (χ4v) is 1.69. The molecule has 0 radical (unpaired) electrons. The van der Waals surface area contributed by atoms with Crippen LogP contribution in [0.4, 0.5) is 0 Å². The van der Waals surface area contributed by atoms with E-state index in [1.165, 1.54) is 0 Å². The highest BCUT2D eigenvalue weighted by molar-refractivity contribution is 5.54. The monoisotopic (exact) mass is 260 g/mol. The van der Waals surface area contributed by atoms with Gasteiger partial charge in [-0.3, -0.25) is 0 Å². The highest BCUT2D eigenvalue weighted by Crippen LogP contribution is 2.21. The van der Waals surface area contributed by atoms with E-state index in [0.29, 0.717) is 18.5 Å². The molecule has 0 atom stereocenters. The van der Waals surface area contributed by atoms with Crippen LogP contribution in [0.1, 0.15) is 26.5 Å². The van der Waals surface area contributed by atoms with Crippen LogP contribution in [0.5, 0.6) is 5.75 Å². The molecular formula is C15H20N2O2. The lowest BCUT2D eigenvalue weighted by Gasteiger charge is -2.04. The van der Waals surface area contributed by atoms with Gasteiger partial charge in [0, 0.05) is 18.2 Å². The number of nitrogens with one attached hydrogen (secondary N) is 1. The summed E-state index contributed by atoms with van der Waals surface area (Å²) in [4.78, 5) is 4.46. The van der Waals surface area contributed by atoms with Crippen molar-refractivity contribution in [3.63, 3.8) is 0 Å². The maximum Gasteiger partial charge on any atom is 0.226 e. The lowest BCUT2D eigenvalue weighted by atomic mass is 10.2. The number of oxazole rings is 1. The Morgan fingerprint density at radius 3 is 2.63 bits per heavy atom. The van der Waals surface area contributed by atoms with Crippen molar-refractivity contribution < 1.29 is 9.15 Å². The van der Waals surface area contributed by atoms with Gasteiger partial charge in [-0.1, -0.05) is 13.8 Å². The van der Waals surface area contributed by atoms with E-state index in [0.717, 1.165) is 23.6 Å². The molecule has 0 saturated heterocycles. The second-order valence-electron chi connectivity index (χ2n) is 4.64. The van der Waals surface area contributed by atoms with Gasteiger partial charge in [0.2, 0.25) is 5.89 Å². The zero-order chi connectivity index (χ0) is 13.7. The summed E-state index contributed by atoms with van der Waals surface area (Å²) >= 11 is 0. The molecule has 1 aromatic carbocycles. The number of nitrogens with zero attached hydrogens (tertiary/aromatic N) is 1. The standard InChI is InChI=1S/C15H20N2O2/c1-4-18-14-7-5-12(6-8-14)15-17-13(10-19-15)9-16-11(2)3/h5-8,10-11,16H,4,9H2,1-3H3. The third-order valence-electron chi connectivity index (χ3n) is 2.66. The molecule has 102 valence electrons. The number of hydrogen-bond donors (Lipinski definition) is 1. The lowest BCUT2D eigenvalue weighted by Crippen LogP contribution is -2.21. The molecule has 0 aliphatic carbocycles. The minimum Gasteiger partial charge on any atom is -0.494 e. The lowest BCUT2D eigenvalue weighted by molar-refractivity contribution is 0.340. The minimum absolute atomic E-state index is 0.436. The van der Waals surface area contributed by atoms with Crippen LogP contribution in [-0.2, 0) is 6.54 Å². The van der Waals surface area contributed by atoms with Crippen LogP contribution in [0.25, 0.3) is 11.5 Å².